The third-order valence-electron chi connectivity index (χ3n) is 2.62. The van der Waals surface area contributed by atoms with Gasteiger partial charge in [-0.05, 0) is 25.1 Å². The lowest BCUT2D eigenvalue weighted by Gasteiger charge is -2.26. The number of nitrogens with zero attached hydrogens (tertiary/aromatic N) is 2. The summed E-state index contributed by atoms with van der Waals surface area (Å²) in [6.07, 6.45) is 0.353. The Morgan fingerprint density at radius 3 is 2.82 bits per heavy atom. The van der Waals surface area contributed by atoms with E-state index < -0.39 is 5.97 Å². The summed E-state index contributed by atoms with van der Waals surface area (Å²) in [5, 5.41) is 17.8. The molecule has 0 aliphatic rings. The van der Waals surface area contributed by atoms with Crippen molar-refractivity contribution in [3.63, 3.8) is 0 Å². The highest BCUT2D eigenvalue weighted by Gasteiger charge is 2.17. The second-order valence-electron chi connectivity index (χ2n) is 3.79. The Hall–Kier alpha value is -1.54. The lowest BCUT2D eigenvalue weighted by atomic mass is 10.1. The van der Waals surface area contributed by atoms with Crippen LogP contribution in [0.4, 0.5) is 5.69 Å². The van der Waals surface area contributed by atoms with Gasteiger partial charge in [0.2, 0.25) is 0 Å². The second-order valence-corrected chi connectivity index (χ2v) is 4.70. The van der Waals surface area contributed by atoms with Crippen LogP contribution in [-0.2, 0) is 0 Å². The first kappa shape index (κ1) is 13.5. The van der Waals surface area contributed by atoms with Crippen molar-refractivity contribution < 1.29 is 9.90 Å². The largest absolute Gasteiger partial charge is 0.478 e. The summed E-state index contributed by atoms with van der Waals surface area (Å²) in [4.78, 5) is 13.0. The van der Waals surface area contributed by atoms with Crippen molar-refractivity contribution >= 4 is 27.6 Å². The van der Waals surface area contributed by atoms with Gasteiger partial charge in [0.15, 0.2) is 0 Å². The lowest BCUT2D eigenvalue weighted by molar-refractivity contribution is 0.0697. The number of aromatic carboxylic acids is 1. The Labute approximate surface area is 109 Å². The Bertz CT molecular complexity index is 468. The number of hydrogen-bond acceptors (Lipinski definition) is 3. The van der Waals surface area contributed by atoms with Crippen LogP contribution in [0, 0.1) is 11.3 Å². The van der Waals surface area contributed by atoms with Crippen LogP contribution in [0.15, 0.2) is 22.7 Å². The smallest absolute Gasteiger partial charge is 0.337 e. The van der Waals surface area contributed by atoms with E-state index in [1.807, 2.05) is 6.92 Å². The first-order valence-electron chi connectivity index (χ1n) is 5.10. The Balaban J connectivity index is 3.13. The van der Waals surface area contributed by atoms with Gasteiger partial charge in [0.25, 0.3) is 0 Å². The highest BCUT2D eigenvalue weighted by Crippen LogP contribution is 2.25. The van der Waals surface area contributed by atoms with Crippen LogP contribution >= 0.6 is 15.9 Å². The molecule has 1 atom stereocenters. The third kappa shape index (κ3) is 3.21. The van der Waals surface area contributed by atoms with E-state index in [1.165, 1.54) is 0 Å². The lowest BCUT2D eigenvalue weighted by Crippen LogP contribution is -2.29. The molecular weight excluding hydrogens is 284 g/mol. The van der Waals surface area contributed by atoms with Crippen LogP contribution in [0.5, 0.6) is 0 Å². The zero-order valence-electron chi connectivity index (χ0n) is 9.64. The standard InChI is InChI=1S/C12H13BrN2O2/c1-8(5-6-14)15(2)11-4-3-9(13)7-10(11)12(16)17/h3-4,7-8H,5H2,1-2H3,(H,16,17). The fourth-order valence-corrected chi connectivity index (χ4v) is 1.85. The van der Waals surface area contributed by atoms with Crippen molar-refractivity contribution in [2.45, 2.75) is 19.4 Å². The summed E-state index contributed by atoms with van der Waals surface area (Å²) < 4.78 is 0.722. The molecule has 0 saturated heterocycles. The molecule has 1 unspecified atom stereocenters. The maximum Gasteiger partial charge on any atom is 0.337 e. The van der Waals surface area contributed by atoms with Crippen LogP contribution in [-0.4, -0.2) is 24.2 Å². The Morgan fingerprint density at radius 1 is 1.65 bits per heavy atom. The van der Waals surface area contributed by atoms with Crippen molar-refractivity contribution in [1.82, 2.24) is 0 Å². The maximum atomic E-state index is 11.1. The van der Waals surface area contributed by atoms with Crippen molar-refractivity contribution in [2.75, 3.05) is 11.9 Å². The SMILES string of the molecule is CC(CC#N)N(C)c1ccc(Br)cc1C(=O)O. The number of rotatable bonds is 4. The molecule has 1 N–H and O–H groups in total. The van der Waals surface area contributed by atoms with Gasteiger partial charge in [0.1, 0.15) is 0 Å². The van der Waals surface area contributed by atoms with Gasteiger partial charge >= 0.3 is 5.97 Å². The highest BCUT2D eigenvalue weighted by molar-refractivity contribution is 9.10. The van der Waals surface area contributed by atoms with E-state index >= 15 is 0 Å². The molecule has 0 fully saturated rings. The molecule has 0 radical (unpaired) electrons. The summed E-state index contributed by atoms with van der Waals surface area (Å²) in [5.41, 5.74) is 0.843. The van der Waals surface area contributed by atoms with Gasteiger partial charge in [-0.3, -0.25) is 0 Å². The summed E-state index contributed by atoms with van der Waals surface area (Å²) in [6.45, 7) is 1.89. The Morgan fingerprint density at radius 2 is 2.29 bits per heavy atom. The van der Waals surface area contributed by atoms with Crippen LogP contribution in [0.1, 0.15) is 23.7 Å². The molecule has 5 heteroatoms. The van der Waals surface area contributed by atoms with Crippen LogP contribution < -0.4 is 4.90 Å². The average molecular weight is 297 g/mol. The van der Waals surface area contributed by atoms with Gasteiger partial charge in [-0.15, -0.1) is 0 Å². The van der Waals surface area contributed by atoms with Gasteiger partial charge in [-0.1, -0.05) is 15.9 Å². The molecule has 0 aliphatic carbocycles. The van der Waals surface area contributed by atoms with Gasteiger partial charge in [-0.25, -0.2) is 4.79 Å². The van der Waals surface area contributed by atoms with E-state index in [4.69, 9.17) is 10.4 Å². The average Bonchev–Trinajstić information content (AvgIpc) is 2.28. The topological polar surface area (TPSA) is 64.3 Å². The second kappa shape index (κ2) is 5.69. The molecule has 1 rings (SSSR count). The van der Waals surface area contributed by atoms with Crippen LogP contribution in [0.2, 0.25) is 0 Å². The minimum Gasteiger partial charge on any atom is -0.478 e. The number of halogens is 1. The monoisotopic (exact) mass is 296 g/mol. The van der Waals surface area contributed by atoms with E-state index in [9.17, 15) is 4.79 Å². The minimum absolute atomic E-state index is 0.0284. The van der Waals surface area contributed by atoms with Crippen LogP contribution in [0.25, 0.3) is 0 Å². The molecule has 0 saturated carbocycles. The highest BCUT2D eigenvalue weighted by atomic mass is 79.9. The number of carboxylic acid groups (broad SMARTS) is 1. The molecule has 4 nitrogen and oxygen atoms in total. The van der Waals surface area contributed by atoms with E-state index in [2.05, 4.69) is 22.0 Å². The number of benzene rings is 1. The van der Waals surface area contributed by atoms with Gasteiger partial charge in [0.05, 0.1) is 23.7 Å². The molecule has 0 heterocycles. The first-order chi connectivity index (χ1) is 7.97. The molecule has 1 aromatic rings. The quantitative estimate of drug-likeness (QED) is 0.928. The minimum atomic E-state index is -0.975. The predicted molar refractivity (Wildman–Crippen MR) is 69.2 cm³/mol. The molecule has 0 aromatic heterocycles. The van der Waals surface area contributed by atoms with Crippen LogP contribution in [0.3, 0.4) is 0 Å². The van der Waals surface area contributed by atoms with Gasteiger partial charge in [-0.2, -0.15) is 5.26 Å². The van der Waals surface area contributed by atoms with E-state index in [0.717, 1.165) is 4.47 Å². The summed E-state index contributed by atoms with van der Waals surface area (Å²) in [7, 11) is 1.79. The van der Waals surface area contributed by atoms with Crippen molar-refractivity contribution in [1.29, 1.82) is 5.26 Å². The zero-order chi connectivity index (χ0) is 13.0. The van der Waals surface area contributed by atoms with E-state index in [0.29, 0.717) is 12.1 Å². The van der Waals surface area contributed by atoms with Crippen molar-refractivity contribution in [3.8, 4) is 6.07 Å². The normalized spacial score (nSPS) is 11.6. The number of anilines is 1. The number of carboxylic acids is 1. The fourth-order valence-electron chi connectivity index (χ4n) is 1.49. The van der Waals surface area contributed by atoms with Gasteiger partial charge in [0, 0.05) is 17.6 Å². The van der Waals surface area contributed by atoms with E-state index in [1.54, 1.807) is 30.1 Å². The molecule has 17 heavy (non-hydrogen) atoms. The Kier molecular flexibility index (Phi) is 4.53. The molecule has 0 aliphatic heterocycles. The molecule has 0 bridgehead atoms. The maximum absolute atomic E-state index is 11.1. The van der Waals surface area contributed by atoms with Crippen molar-refractivity contribution in [3.05, 3.63) is 28.2 Å². The number of carbonyl (C=O) groups is 1. The fraction of sp³-hybridized carbons (Fsp3) is 0.333. The first-order valence-corrected chi connectivity index (χ1v) is 5.89. The summed E-state index contributed by atoms with van der Waals surface area (Å²) in [6, 6.07) is 7.14. The van der Waals surface area contributed by atoms with E-state index in [-0.39, 0.29) is 11.6 Å². The van der Waals surface area contributed by atoms with Crippen molar-refractivity contribution in [2.24, 2.45) is 0 Å². The predicted octanol–water partition coefficient (Wildman–Crippen LogP) is 2.89. The molecular formula is C12H13BrN2O2. The third-order valence-corrected chi connectivity index (χ3v) is 3.11. The molecule has 1 aromatic carbocycles. The number of hydrogen-bond donors (Lipinski definition) is 1. The van der Waals surface area contributed by atoms with Gasteiger partial charge < -0.3 is 10.0 Å². The summed E-state index contributed by atoms with van der Waals surface area (Å²) >= 11 is 3.25. The molecule has 0 amide bonds. The number of nitriles is 1. The molecule has 0 spiro atoms. The molecule has 90 valence electrons. The summed E-state index contributed by atoms with van der Waals surface area (Å²) in [5.74, 6) is -0.975. The zero-order valence-corrected chi connectivity index (χ0v) is 11.2.